The summed E-state index contributed by atoms with van der Waals surface area (Å²) in [5.74, 6) is -5.16. The Hall–Kier alpha value is -7.02. The number of aromatic hydroxyl groups is 1. The van der Waals surface area contributed by atoms with Crippen LogP contribution in [0.5, 0.6) is 11.5 Å². The molecule has 0 spiro atoms. The van der Waals surface area contributed by atoms with Gasteiger partial charge in [0.2, 0.25) is 11.8 Å². The number of allylic oxidation sites excluding steroid dienone is 2. The lowest BCUT2D eigenvalue weighted by Crippen LogP contribution is -2.53. The Kier molecular flexibility index (Phi) is 10.5. The monoisotopic (exact) mass is 904 g/mol. The SMILES string of the molecule is COc1ccc([C@@]23C(=O)N(Nc4ccc(Cl)cc4Cl)C(=O)[C@@H]2C[C@@H]2C(=CC[C@@H]4C(=O)N(c5ccc(N=Nc6ccc(N(C)C)cc6)cc5)C(=O)[C@@H]42)[C@@H]3c2ccc(O)c3ccccc23)cc1. The van der Waals surface area contributed by atoms with Gasteiger partial charge in [-0.25, -0.2) is 0 Å². The molecule has 326 valence electrons. The zero-order valence-electron chi connectivity index (χ0n) is 35.5. The zero-order valence-corrected chi connectivity index (χ0v) is 37.0. The third kappa shape index (κ3) is 6.73. The standard InChI is InChI=1S/C51H42Cl2N6O6/c1-57(2)32-15-11-30(12-16-32)54-55-31-13-17-33(18-14-31)58-47(61)39-22-21-38-40(45(39)49(58)63)27-41-48(62)59(56-43-24-10-29(52)26-42(43)53)50(64)51(41,28-8-19-34(65-3)20-9-28)46(38)37-23-25-44(60)36-7-5-4-6-35(36)37/h4-21,23-26,39-41,45-46,56,60H,22,27H2,1-3H3/t39-,40+,41-,45-,46-,51+/m0/s1. The van der Waals surface area contributed by atoms with Gasteiger partial charge in [0.15, 0.2) is 0 Å². The summed E-state index contributed by atoms with van der Waals surface area (Å²) in [6, 6.07) is 37.1. The number of nitrogens with one attached hydrogen (secondary N) is 1. The fraction of sp³-hybridized carbons (Fsp3) is 0.216. The van der Waals surface area contributed by atoms with Gasteiger partial charge in [0.25, 0.3) is 11.8 Å². The number of amides is 4. The summed E-state index contributed by atoms with van der Waals surface area (Å²) in [5.41, 5.74) is 6.44. The normalized spacial score (nSPS) is 23.7. The van der Waals surface area contributed by atoms with E-state index in [4.69, 9.17) is 27.9 Å². The van der Waals surface area contributed by atoms with Crippen LogP contribution in [0, 0.1) is 23.7 Å². The minimum absolute atomic E-state index is 0.0531. The zero-order chi connectivity index (χ0) is 45.3. The van der Waals surface area contributed by atoms with E-state index in [1.165, 1.54) is 11.0 Å². The molecular weight excluding hydrogens is 864 g/mol. The molecule has 2 aliphatic heterocycles. The molecule has 0 unspecified atom stereocenters. The fourth-order valence-electron chi connectivity index (χ4n) is 10.6. The number of anilines is 3. The first-order chi connectivity index (χ1) is 31.4. The maximum absolute atomic E-state index is 15.8. The molecule has 10 rings (SSSR count). The van der Waals surface area contributed by atoms with Gasteiger partial charge < -0.3 is 14.7 Å². The minimum atomic E-state index is -1.58. The lowest BCUT2D eigenvalue weighted by atomic mass is 9.49. The Balaban J connectivity index is 1.08. The number of imide groups is 2. The summed E-state index contributed by atoms with van der Waals surface area (Å²) in [4.78, 5) is 63.7. The number of rotatable bonds is 9. The Morgan fingerprint density at radius 2 is 1.45 bits per heavy atom. The van der Waals surface area contributed by atoms with E-state index in [0.29, 0.717) is 55.4 Å². The van der Waals surface area contributed by atoms with E-state index in [2.05, 4.69) is 15.7 Å². The van der Waals surface area contributed by atoms with Crippen molar-refractivity contribution < 1.29 is 29.0 Å². The van der Waals surface area contributed by atoms with E-state index in [9.17, 15) is 14.7 Å². The van der Waals surface area contributed by atoms with E-state index in [0.717, 1.165) is 16.3 Å². The van der Waals surface area contributed by atoms with Crippen molar-refractivity contribution >= 4 is 86.0 Å². The number of methoxy groups -OCH3 is 1. The van der Waals surface area contributed by atoms with Crippen LogP contribution in [0.4, 0.5) is 28.4 Å². The molecular formula is C51H42Cl2N6O6. The molecule has 6 aromatic carbocycles. The third-order valence-corrected chi connectivity index (χ3v) is 14.1. The first kappa shape index (κ1) is 42.0. The van der Waals surface area contributed by atoms with Crippen molar-refractivity contribution in [2.75, 3.05) is 36.4 Å². The highest BCUT2D eigenvalue weighted by Crippen LogP contribution is 2.65. The Morgan fingerprint density at radius 1 is 0.769 bits per heavy atom. The Morgan fingerprint density at radius 3 is 2.11 bits per heavy atom. The van der Waals surface area contributed by atoms with E-state index < -0.39 is 46.8 Å². The highest BCUT2D eigenvalue weighted by atomic mass is 35.5. The maximum Gasteiger partial charge on any atom is 0.260 e. The quantitative estimate of drug-likeness (QED) is 0.0829. The largest absolute Gasteiger partial charge is 0.507 e. The van der Waals surface area contributed by atoms with Crippen LogP contribution >= 0.6 is 23.2 Å². The average molecular weight is 906 g/mol. The van der Waals surface area contributed by atoms with Crippen molar-refractivity contribution in [3.63, 3.8) is 0 Å². The van der Waals surface area contributed by atoms with Crippen LogP contribution in [-0.4, -0.2) is 54.9 Å². The number of hydrogen-bond acceptors (Lipinski definition) is 10. The summed E-state index contributed by atoms with van der Waals surface area (Å²) in [6.07, 6.45) is 2.33. The summed E-state index contributed by atoms with van der Waals surface area (Å²) in [5, 5.41) is 22.8. The van der Waals surface area contributed by atoms with Crippen molar-refractivity contribution in [3.8, 4) is 11.5 Å². The first-order valence-electron chi connectivity index (χ1n) is 21.2. The van der Waals surface area contributed by atoms with Crippen molar-refractivity contribution in [2.45, 2.75) is 24.2 Å². The molecule has 65 heavy (non-hydrogen) atoms. The Labute approximate surface area is 384 Å². The van der Waals surface area contributed by atoms with E-state index in [-0.39, 0.29) is 35.4 Å². The highest BCUT2D eigenvalue weighted by molar-refractivity contribution is 6.36. The van der Waals surface area contributed by atoms with Crippen LogP contribution < -0.4 is 20.0 Å². The van der Waals surface area contributed by atoms with Gasteiger partial charge >= 0.3 is 0 Å². The second-order valence-electron chi connectivity index (χ2n) is 17.1. The van der Waals surface area contributed by atoms with E-state index in [1.54, 1.807) is 67.8 Å². The second-order valence-corrected chi connectivity index (χ2v) is 17.9. The molecule has 12 nitrogen and oxygen atoms in total. The van der Waals surface area contributed by atoms with Crippen molar-refractivity contribution in [1.29, 1.82) is 0 Å². The molecule has 0 aromatic heterocycles. The third-order valence-electron chi connectivity index (χ3n) is 13.6. The lowest BCUT2D eigenvalue weighted by Gasteiger charge is -2.51. The summed E-state index contributed by atoms with van der Waals surface area (Å²) in [7, 11) is 5.48. The van der Waals surface area contributed by atoms with Crippen molar-refractivity contribution in [1.82, 2.24) is 5.01 Å². The molecule has 2 heterocycles. The van der Waals surface area contributed by atoms with Gasteiger partial charge in [-0.3, -0.25) is 29.5 Å². The number of fused-ring (bicyclic) bond motifs is 5. The van der Waals surface area contributed by atoms with Crippen LogP contribution in [0.2, 0.25) is 10.0 Å². The Bertz CT molecular complexity index is 2990. The molecule has 6 atom stereocenters. The van der Waals surface area contributed by atoms with Crippen LogP contribution in [0.15, 0.2) is 149 Å². The molecule has 1 saturated carbocycles. The van der Waals surface area contributed by atoms with Gasteiger partial charge in [0.1, 0.15) is 11.5 Å². The number of phenolic OH excluding ortho intramolecular Hbond substituents is 1. The molecule has 4 aliphatic rings. The molecule has 6 aromatic rings. The van der Waals surface area contributed by atoms with Gasteiger partial charge in [-0.2, -0.15) is 15.2 Å². The number of halogens is 2. The number of carbonyl (C=O) groups is 4. The molecule has 3 fully saturated rings. The topological polar surface area (TPSA) is 144 Å². The van der Waals surface area contributed by atoms with Crippen LogP contribution in [0.1, 0.15) is 29.9 Å². The van der Waals surface area contributed by atoms with E-state index in [1.807, 2.05) is 85.7 Å². The summed E-state index contributed by atoms with van der Waals surface area (Å²) < 4.78 is 5.54. The predicted molar refractivity (Wildman–Crippen MR) is 250 cm³/mol. The number of hydrogen-bond donors (Lipinski definition) is 2. The first-order valence-corrected chi connectivity index (χ1v) is 22.0. The number of benzene rings is 6. The number of nitrogens with zero attached hydrogens (tertiary/aromatic N) is 5. The maximum atomic E-state index is 15.8. The average Bonchev–Trinajstić information content (AvgIpc) is 3.70. The van der Waals surface area contributed by atoms with Crippen LogP contribution in [0.25, 0.3) is 10.8 Å². The van der Waals surface area contributed by atoms with Crippen molar-refractivity contribution in [3.05, 3.63) is 160 Å². The second kappa shape index (κ2) is 16.2. The van der Waals surface area contributed by atoms with E-state index >= 15 is 9.59 Å². The number of hydrazine groups is 1. The van der Waals surface area contributed by atoms with Gasteiger partial charge in [-0.15, -0.1) is 0 Å². The molecule has 14 heteroatoms. The summed E-state index contributed by atoms with van der Waals surface area (Å²) >= 11 is 12.9. The molecule has 0 radical (unpaired) electrons. The van der Waals surface area contributed by atoms with Crippen LogP contribution in [0.3, 0.4) is 0 Å². The smallest absolute Gasteiger partial charge is 0.260 e. The number of phenols is 1. The van der Waals surface area contributed by atoms with Gasteiger partial charge in [-0.05, 0) is 120 Å². The van der Waals surface area contributed by atoms with Crippen LogP contribution in [-0.2, 0) is 24.6 Å². The molecule has 4 amide bonds. The number of ether oxygens (including phenoxy) is 1. The highest BCUT2D eigenvalue weighted by Gasteiger charge is 2.70. The fourth-order valence-corrected chi connectivity index (χ4v) is 11.1. The minimum Gasteiger partial charge on any atom is -0.507 e. The molecule has 2 N–H and O–H groups in total. The van der Waals surface area contributed by atoms with Gasteiger partial charge in [-0.1, -0.05) is 77.3 Å². The molecule has 2 saturated heterocycles. The predicted octanol–water partition coefficient (Wildman–Crippen LogP) is 10.5. The summed E-state index contributed by atoms with van der Waals surface area (Å²) in [6.45, 7) is 0. The number of azo groups is 1. The number of carbonyl (C=O) groups excluding carboxylic acids is 4. The molecule has 2 aliphatic carbocycles. The lowest BCUT2D eigenvalue weighted by molar-refractivity contribution is -0.138. The van der Waals surface area contributed by atoms with Crippen molar-refractivity contribution in [2.24, 2.45) is 33.9 Å². The van der Waals surface area contributed by atoms with Gasteiger partial charge in [0.05, 0.1) is 58.1 Å². The van der Waals surface area contributed by atoms with Gasteiger partial charge in [0, 0.05) is 36.1 Å². The molecule has 0 bridgehead atoms.